The molecule has 1 atom stereocenters. The van der Waals surface area contributed by atoms with Crippen molar-refractivity contribution in [2.75, 3.05) is 31.3 Å². The molecule has 0 saturated carbocycles. The van der Waals surface area contributed by atoms with Crippen LogP contribution in [0.4, 0.5) is 20.3 Å². The smallest absolute Gasteiger partial charge is 0.258 e. The number of primary amides is 1. The first-order valence-electron chi connectivity index (χ1n) is 11.5. The van der Waals surface area contributed by atoms with Crippen LogP contribution in [0, 0.1) is 11.6 Å². The second kappa shape index (κ2) is 11.1. The number of benzene rings is 3. The van der Waals surface area contributed by atoms with Gasteiger partial charge in [0.2, 0.25) is 0 Å². The van der Waals surface area contributed by atoms with Crippen molar-refractivity contribution in [3.63, 3.8) is 0 Å². The lowest BCUT2D eigenvalue weighted by Crippen LogP contribution is -2.21. The molecule has 10 heteroatoms. The van der Waals surface area contributed by atoms with E-state index in [-0.39, 0.29) is 11.6 Å². The third kappa shape index (κ3) is 5.87. The van der Waals surface area contributed by atoms with Crippen molar-refractivity contribution in [2.24, 2.45) is 5.73 Å². The fourth-order valence-electron chi connectivity index (χ4n) is 3.99. The van der Waals surface area contributed by atoms with Crippen molar-refractivity contribution in [3.05, 3.63) is 95.3 Å². The van der Waals surface area contributed by atoms with Crippen LogP contribution < -0.4 is 16.4 Å². The number of hydrogen-bond donors (Lipinski definition) is 3. The van der Waals surface area contributed by atoms with Gasteiger partial charge in [0.25, 0.3) is 11.8 Å². The molecule has 2 amide bonds. The number of nitrogens with zero attached hydrogens (tertiary/aromatic N) is 3. The minimum atomic E-state index is -1.20. The van der Waals surface area contributed by atoms with Gasteiger partial charge in [0.1, 0.15) is 12.1 Å². The Morgan fingerprint density at radius 3 is 2.49 bits per heavy atom. The number of aromatic nitrogens is 2. The largest absolute Gasteiger partial charge is 0.366 e. The third-order valence-electron chi connectivity index (χ3n) is 5.85. The summed E-state index contributed by atoms with van der Waals surface area (Å²) >= 11 is 0. The molecule has 0 saturated heterocycles. The Labute approximate surface area is 212 Å². The summed E-state index contributed by atoms with van der Waals surface area (Å²) in [6, 6.07) is 15.4. The molecule has 0 bridgehead atoms. The highest BCUT2D eigenvalue weighted by molar-refractivity contribution is 6.07. The number of nitrogens with two attached hydrogens (primary N) is 1. The van der Waals surface area contributed by atoms with Crippen LogP contribution in [0.15, 0.2) is 67.0 Å². The molecule has 1 aromatic heterocycles. The molecule has 0 aliphatic rings. The Hall–Kier alpha value is -4.44. The molecule has 0 aliphatic carbocycles. The Balaban J connectivity index is 1.65. The van der Waals surface area contributed by atoms with E-state index in [2.05, 4.69) is 20.6 Å². The Bertz CT molecular complexity index is 1460. The van der Waals surface area contributed by atoms with Crippen LogP contribution in [0.25, 0.3) is 10.9 Å². The number of rotatable bonds is 9. The Morgan fingerprint density at radius 1 is 1.00 bits per heavy atom. The molecule has 0 aliphatic heterocycles. The van der Waals surface area contributed by atoms with Crippen molar-refractivity contribution in [2.45, 2.75) is 12.5 Å². The highest BCUT2D eigenvalue weighted by Crippen LogP contribution is 2.29. The highest BCUT2D eigenvalue weighted by Gasteiger charge is 2.19. The quantitative estimate of drug-likeness (QED) is 0.312. The molecule has 8 nitrogen and oxygen atoms in total. The van der Waals surface area contributed by atoms with Gasteiger partial charge >= 0.3 is 0 Å². The molecule has 4 aromatic rings. The van der Waals surface area contributed by atoms with E-state index in [1.165, 1.54) is 18.5 Å². The minimum absolute atomic E-state index is 0.250. The second-order valence-corrected chi connectivity index (χ2v) is 8.76. The molecule has 1 unspecified atom stereocenters. The van der Waals surface area contributed by atoms with E-state index in [0.29, 0.717) is 34.4 Å². The predicted molar refractivity (Wildman–Crippen MR) is 138 cm³/mol. The molecule has 0 radical (unpaired) electrons. The Kier molecular flexibility index (Phi) is 7.69. The molecule has 1 heterocycles. The Morgan fingerprint density at radius 2 is 1.73 bits per heavy atom. The highest BCUT2D eigenvalue weighted by atomic mass is 19.2. The van der Waals surface area contributed by atoms with Crippen LogP contribution in [0.1, 0.15) is 38.7 Å². The van der Waals surface area contributed by atoms with Gasteiger partial charge < -0.3 is 21.3 Å². The molecule has 4 N–H and O–H groups in total. The molecular weight excluding hydrogens is 478 g/mol. The zero-order valence-electron chi connectivity index (χ0n) is 20.3. The molecular formula is C27H26F2N6O2. The number of fused-ring (bicyclic) bond motifs is 1. The van der Waals surface area contributed by atoms with E-state index in [1.54, 1.807) is 36.4 Å². The summed E-state index contributed by atoms with van der Waals surface area (Å²) in [7, 11) is 3.92. The lowest BCUT2D eigenvalue weighted by molar-refractivity contribution is 0.0998. The monoisotopic (exact) mass is 504 g/mol. The third-order valence-corrected chi connectivity index (χ3v) is 5.85. The summed E-state index contributed by atoms with van der Waals surface area (Å²) in [6.07, 6.45) is 2.04. The van der Waals surface area contributed by atoms with Gasteiger partial charge in [0.15, 0.2) is 11.6 Å². The molecule has 3 aromatic carbocycles. The number of carbonyl (C=O) groups is 2. The van der Waals surface area contributed by atoms with Crippen molar-refractivity contribution in [3.8, 4) is 0 Å². The van der Waals surface area contributed by atoms with Crippen LogP contribution in [0.2, 0.25) is 0 Å². The first-order valence-corrected chi connectivity index (χ1v) is 11.5. The van der Waals surface area contributed by atoms with E-state index >= 15 is 0 Å². The SMILES string of the molecule is CN(C)CCC(Nc1ncnc2c(C(N)=O)cccc12)c1cccc(NC(=O)c2cccc(F)c2F)c1. The zero-order valence-corrected chi connectivity index (χ0v) is 20.3. The number of hydrogen-bond acceptors (Lipinski definition) is 6. The fourth-order valence-corrected chi connectivity index (χ4v) is 3.99. The van der Waals surface area contributed by atoms with Gasteiger partial charge in [-0.2, -0.15) is 0 Å². The first kappa shape index (κ1) is 25.6. The molecule has 0 spiro atoms. The summed E-state index contributed by atoms with van der Waals surface area (Å²) < 4.78 is 27.7. The molecule has 37 heavy (non-hydrogen) atoms. The van der Waals surface area contributed by atoms with Crippen molar-refractivity contribution in [1.29, 1.82) is 0 Å². The number of carbonyl (C=O) groups excluding carboxylic acids is 2. The van der Waals surface area contributed by atoms with E-state index < -0.39 is 23.4 Å². The zero-order chi connectivity index (χ0) is 26.5. The molecule has 4 rings (SSSR count). The topological polar surface area (TPSA) is 113 Å². The number of anilines is 2. The van der Waals surface area contributed by atoms with E-state index in [9.17, 15) is 18.4 Å². The van der Waals surface area contributed by atoms with Crippen LogP contribution in [-0.2, 0) is 0 Å². The van der Waals surface area contributed by atoms with Crippen LogP contribution >= 0.6 is 0 Å². The van der Waals surface area contributed by atoms with Crippen molar-refractivity contribution in [1.82, 2.24) is 14.9 Å². The summed E-state index contributed by atoms with van der Waals surface area (Å²) in [5.74, 6) is -3.11. The average molecular weight is 505 g/mol. The fraction of sp³-hybridized carbons (Fsp3) is 0.185. The summed E-state index contributed by atoms with van der Waals surface area (Å²) in [4.78, 5) is 35.2. The maximum atomic E-state index is 14.1. The maximum Gasteiger partial charge on any atom is 0.258 e. The van der Waals surface area contributed by atoms with E-state index in [1.807, 2.05) is 25.1 Å². The average Bonchev–Trinajstić information content (AvgIpc) is 2.87. The molecule has 190 valence electrons. The summed E-state index contributed by atoms with van der Waals surface area (Å²) in [5, 5.41) is 6.71. The van der Waals surface area contributed by atoms with Gasteiger partial charge in [-0.3, -0.25) is 9.59 Å². The standard InChI is InChI=1S/C27H26F2N6O2/c1-35(2)13-12-22(34-26-20-10-4-9-19(25(30)36)24(20)31-15-32-26)16-6-3-7-17(14-16)33-27(37)18-8-5-11-21(28)23(18)29/h3-11,14-15,22H,12-13H2,1-2H3,(H2,30,36)(H,33,37)(H,31,32,34). The van der Waals surface area contributed by atoms with Crippen molar-refractivity contribution < 1.29 is 18.4 Å². The van der Waals surface area contributed by atoms with E-state index in [4.69, 9.17) is 5.73 Å². The van der Waals surface area contributed by atoms with Gasteiger partial charge in [0, 0.05) is 11.1 Å². The van der Waals surface area contributed by atoms with Gasteiger partial charge in [0.05, 0.1) is 22.7 Å². The predicted octanol–water partition coefficient (Wildman–Crippen LogP) is 4.36. The lowest BCUT2D eigenvalue weighted by Gasteiger charge is -2.23. The van der Waals surface area contributed by atoms with E-state index in [0.717, 1.165) is 18.2 Å². The maximum absolute atomic E-state index is 14.1. The van der Waals surface area contributed by atoms with Crippen LogP contribution in [0.5, 0.6) is 0 Å². The van der Waals surface area contributed by atoms with Gasteiger partial charge in [-0.15, -0.1) is 0 Å². The number of amides is 2. The number of para-hydroxylation sites is 1. The lowest BCUT2D eigenvalue weighted by atomic mass is 10.0. The van der Waals surface area contributed by atoms with Crippen molar-refractivity contribution >= 4 is 34.2 Å². The minimum Gasteiger partial charge on any atom is -0.366 e. The van der Waals surface area contributed by atoms with Gasteiger partial charge in [-0.05, 0) is 69.0 Å². The van der Waals surface area contributed by atoms with Crippen LogP contribution in [0.3, 0.4) is 0 Å². The molecule has 0 fully saturated rings. The van der Waals surface area contributed by atoms with Gasteiger partial charge in [-0.25, -0.2) is 18.7 Å². The van der Waals surface area contributed by atoms with Gasteiger partial charge in [-0.1, -0.05) is 24.3 Å². The van der Waals surface area contributed by atoms with Crippen LogP contribution in [-0.4, -0.2) is 47.3 Å². The summed E-state index contributed by atoms with van der Waals surface area (Å²) in [5.41, 5.74) is 7.12. The summed E-state index contributed by atoms with van der Waals surface area (Å²) in [6.45, 7) is 0.734. The number of halogens is 2. The number of nitrogens with one attached hydrogen (secondary N) is 2. The second-order valence-electron chi connectivity index (χ2n) is 8.76. The first-order chi connectivity index (χ1) is 17.7. The normalized spacial score (nSPS) is 11.9.